The summed E-state index contributed by atoms with van der Waals surface area (Å²) in [6, 6.07) is -1.72. The molecule has 0 aromatic carbocycles. The van der Waals surface area contributed by atoms with E-state index in [0.717, 1.165) is 6.92 Å². The summed E-state index contributed by atoms with van der Waals surface area (Å²) in [6.07, 6.45) is -19.5. The number of hydrogen-bond acceptors (Lipinski definition) is 15. The fourth-order valence-corrected chi connectivity index (χ4v) is 4.11. The SMILES string of the molecule is CC(=O)N[C@H]1C(O)O[C@H](COS(=O)(=O)O)[C@H](O)[C@@H]1O[C@@H]1O[C@H](C(=O)O)[C@@H](O)[C@H](O)[C@H]1OS(=O)(=O)O. The summed E-state index contributed by atoms with van der Waals surface area (Å²) in [7, 11) is -10.4. The predicted molar refractivity (Wildman–Crippen MR) is 102 cm³/mol. The Morgan fingerprint density at radius 2 is 1.51 bits per heavy atom. The third-order valence-electron chi connectivity index (χ3n) is 4.76. The molecule has 0 saturated carbocycles. The highest BCUT2D eigenvalue weighted by Crippen LogP contribution is 2.31. The molecule has 2 heterocycles. The first-order valence-corrected chi connectivity index (χ1v) is 12.1. The van der Waals surface area contributed by atoms with Crippen LogP contribution in [0.1, 0.15) is 6.92 Å². The van der Waals surface area contributed by atoms with Gasteiger partial charge in [0.05, 0.1) is 6.61 Å². The lowest BCUT2D eigenvalue weighted by Crippen LogP contribution is -2.68. The quantitative estimate of drug-likeness (QED) is 0.123. The summed E-state index contributed by atoms with van der Waals surface area (Å²) in [4.78, 5) is 22.9. The van der Waals surface area contributed by atoms with Crippen LogP contribution in [-0.4, -0.2) is 131 Å². The van der Waals surface area contributed by atoms with Gasteiger partial charge in [-0.1, -0.05) is 0 Å². The van der Waals surface area contributed by atoms with Crippen molar-refractivity contribution < 1.29 is 83.6 Å². The van der Waals surface area contributed by atoms with Crippen LogP contribution < -0.4 is 5.32 Å². The van der Waals surface area contributed by atoms with Crippen LogP contribution in [0.5, 0.6) is 0 Å². The average molecular weight is 557 g/mol. The number of amides is 1. The van der Waals surface area contributed by atoms with Gasteiger partial charge in [0.2, 0.25) is 5.91 Å². The second-order valence-corrected chi connectivity index (χ2v) is 9.47. The van der Waals surface area contributed by atoms with E-state index in [1.807, 2.05) is 0 Å². The Labute approximate surface area is 197 Å². The molecule has 0 aromatic heterocycles. The molecule has 0 bridgehead atoms. The van der Waals surface area contributed by atoms with E-state index in [0.29, 0.717) is 0 Å². The van der Waals surface area contributed by atoms with Crippen molar-refractivity contribution in [2.24, 2.45) is 0 Å². The smallest absolute Gasteiger partial charge is 0.397 e. The van der Waals surface area contributed by atoms with Gasteiger partial charge in [0.25, 0.3) is 0 Å². The van der Waals surface area contributed by atoms with E-state index in [9.17, 15) is 52.0 Å². The molecule has 2 aliphatic heterocycles. The Hall–Kier alpha value is -1.60. The van der Waals surface area contributed by atoms with Crippen molar-refractivity contribution in [3.8, 4) is 0 Å². The molecule has 0 aliphatic carbocycles. The molecule has 2 aliphatic rings. The maximum Gasteiger partial charge on any atom is 0.397 e. The lowest BCUT2D eigenvalue weighted by molar-refractivity contribution is -0.333. The van der Waals surface area contributed by atoms with Crippen LogP contribution in [0.2, 0.25) is 0 Å². The third kappa shape index (κ3) is 7.94. The molecule has 8 N–H and O–H groups in total. The van der Waals surface area contributed by atoms with Crippen molar-refractivity contribution in [2.45, 2.75) is 68.3 Å². The lowest BCUT2D eigenvalue weighted by Gasteiger charge is -2.46. The first-order valence-electron chi connectivity index (χ1n) is 9.37. The number of aliphatic hydroxyl groups is 4. The van der Waals surface area contributed by atoms with Crippen LogP contribution in [0.4, 0.5) is 0 Å². The molecule has 2 saturated heterocycles. The van der Waals surface area contributed by atoms with Crippen molar-refractivity contribution in [1.29, 1.82) is 0 Å². The van der Waals surface area contributed by atoms with Crippen molar-refractivity contribution in [3.05, 3.63) is 0 Å². The predicted octanol–water partition coefficient (Wildman–Crippen LogP) is -5.51. The van der Waals surface area contributed by atoms with Gasteiger partial charge in [-0.05, 0) is 0 Å². The van der Waals surface area contributed by atoms with E-state index in [-0.39, 0.29) is 0 Å². The standard InChI is InChI=1S/C14H23NO18S2/c1-3(16)15-5-9(6(17)4(30-13(5)22)2-29-34(23,24)25)31-14-11(33-35(26,27)28)8(19)7(18)10(32-14)12(20)21/h4-11,13-14,17-19,22H,2H2,1H3,(H,15,16)(H,20,21)(H,23,24,25)(H,26,27,28)/t4-,5-,6+,7+,8+,9-,10+,11-,13?,14-/m1/s1. The van der Waals surface area contributed by atoms with Crippen molar-refractivity contribution in [2.75, 3.05) is 6.61 Å². The van der Waals surface area contributed by atoms with E-state index < -0.39 is 101 Å². The van der Waals surface area contributed by atoms with Crippen LogP contribution in [0.3, 0.4) is 0 Å². The highest BCUT2D eigenvalue weighted by atomic mass is 32.3. The average Bonchev–Trinajstić information content (AvgIpc) is 2.69. The molecular formula is C14H23NO18S2. The van der Waals surface area contributed by atoms with Crippen LogP contribution in [0.15, 0.2) is 0 Å². The van der Waals surface area contributed by atoms with Gasteiger partial charge in [-0.25, -0.2) is 13.2 Å². The monoisotopic (exact) mass is 557 g/mol. The minimum atomic E-state index is -5.38. The lowest BCUT2D eigenvalue weighted by atomic mass is 9.95. The van der Waals surface area contributed by atoms with E-state index in [1.54, 1.807) is 0 Å². The highest BCUT2D eigenvalue weighted by molar-refractivity contribution is 7.81. The topological polar surface area (TPSA) is 302 Å². The molecule has 35 heavy (non-hydrogen) atoms. The Morgan fingerprint density at radius 3 is 2.00 bits per heavy atom. The zero-order valence-electron chi connectivity index (χ0n) is 17.4. The number of hydrogen-bond donors (Lipinski definition) is 8. The molecule has 21 heteroatoms. The van der Waals surface area contributed by atoms with Gasteiger partial charge >= 0.3 is 26.8 Å². The number of aliphatic carboxylic acids is 1. The molecule has 10 atom stereocenters. The van der Waals surface area contributed by atoms with Gasteiger partial charge in [0, 0.05) is 6.92 Å². The summed E-state index contributed by atoms with van der Waals surface area (Å²) in [5.74, 6) is -2.69. The van der Waals surface area contributed by atoms with E-state index >= 15 is 0 Å². The minimum absolute atomic E-state index is 0.833. The number of carbonyl (C=O) groups is 2. The Balaban J connectivity index is 2.42. The van der Waals surface area contributed by atoms with Crippen LogP contribution >= 0.6 is 0 Å². The first-order chi connectivity index (χ1) is 15.9. The molecule has 204 valence electrons. The van der Waals surface area contributed by atoms with Gasteiger partial charge < -0.3 is 45.1 Å². The van der Waals surface area contributed by atoms with Gasteiger partial charge in [-0.2, -0.15) is 16.8 Å². The Kier molecular flexibility index (Phi) is 9.48. The molecule has 2 rings (SSSR count). The first kappa shape index (κ1) is 29.6. The van der Waals surface area contributed by atoms with Gasteiger partial charge in [0.15, 0.2) is 24.8 Å². The summed E-state index contributed by atoms with van der Waals surface area (Å²) in [6.45, 7) is -0.148. The van der Waals surface area contributed by atoms with Crippen LogP contribution in [0.25, 0.3) is 0 Å². The van der Waals surface area contributed by atoms with Crippen LogP contribution in [0, 0.1) is 0 Å². The van der Waals surface area contributed by atoms with Gasteiger partial charge in [0.1, 0.15) is 36.6 Å². The summed E-state index contributed by atoms with van der Waals surface area (Å²) in [5, 5.41) is 52.3. The number of ether oxygens (including phenoxy) is 3. The Morgan fingerprint density at radius 1 is 0.914 bits per heavy atom. The molecule has 19 nitrogen and oxygen atoms in total. The third-order valence-corrected chi connectivity index (χ3v) is 5.66. The van der Waals surface area contributed by atoms with Crippen molar-refractivity contribution >= 4 is 32.7 Å². The molecule has 0 radical (unpaired) electrons. The zero-order chi connectivity index (χ0) is 26.9. The maximum absolute atomic E-state index is 11.6. The number of carbonyl (C=O) groups excluding carboxylic acids is 1. The second-order valence-electron chi connectivity index (χ2n) is 7.33. The fraction of sp³-hybridized carbons (Fsp3) is 0.857. The number of carboxylic acid groups (broad SMARTS) is 1. The van der Waals surface area contributed by atoms with E-state index in [4.69, 9.17) is 23.3 Å². The molecule has 0 spiro atoms. The zero-order valence-corrected chi connectivity index (χ0v) is 19.1. The number of carboxylic acids is 1. The second kappa shape index (κ2) is 11.2. The maximum atomic E-state index is 11.6. The summed E-state index contributed by atoms with van der Waals surface area (Å²) < 4.78 is 85.3. The number of aliphatic hydroxyl groups excluding tert-OH is 4. The van der Waals surface area contributed by atoms with Crippen molar-refractivity contribution in [3.63, 3.8) is 0 Å². The summed E-state index contributed by atoms with van der Waals surface area (Å²) >= 11 is 0. The molecule has 0 aromatic rings. The molecule has 2 fully saturated rings. The normalized spacial score (nSPS) is 38.6. The largest absolute Gasteiger partial charge is 0.479 e. The molecular weight excluding hydrogens is 534 g/mol. The Bertz CT molecular complexity index is 985. The van der Waals surface area contributed by atoms with Crippen molar-refractivity contribution in [1.82, 2.24) is 5.32 Å². The molecule has 1 amide bonds. The highest BCUT2D eigenvalue weighted by Gasteiger charge is 2.54. The number of rotatable bonds is 9. The van der Waals surface area contributed by atoms with Crippen LogP contribution in [-0.2, 0) is 53.0 Å². The van der Waals surface area contributed by atoms with Gasteiger partial charge in [-0.15, -0.1) is 0 Å². The number of nitrogens with one attached hydrogen (secondary N) is 1. The summed E-state index contributed by atoms with van der Waals surface area (Å²) in [5.41, 5.74) is 0. The minimum Gasteiger partial charge on any atom is -0.479 e. The fourth-order valence-electron chi connectivity index (χ4n) is 3.32. The van der Waals surface area contributed by atoms with Gasteiger partial charge in [-0.3, -0.25) is 13.9 Å². The van der Waals surface area contributed by atoms with E-state index in [1.165, 1.54) is 0 Å². The molecule has 1 unspecified atom stereocenters. The van der Waals surface area contributed by atoms with E-state index in [2.05, 4.69) is 13.7 Å².